The van der Waals surface area contributed by atoms with Crippen molar-refractivity contribution in [2.45, 2.75) is 19.9 Å². The molecule has 1 atom stereocenters. The Bertz CT molecular complexity index is 274. The Kier molecular flexibility index (Phi) is 10.3. The maximum atomic E-state index is 5.75. The van der Waals surface area contributed by atoms with E-state index in [1.165, 1.54) is 0 Å². The van der Waals surface area contributed by atoms with Crippen molar-refractivity contribution in [3.05, 3.63) is 12.7 Å². The topological polar surface area (TPSA) is 56.9 Å². The predicted octanol–water partition coefficient (Wildman–Crippen LogP) is 0.721. The summed E-state index contributed by atoms with van der Waals surface area (Å²) >= 11 is 0. The third kappa shape index (κ3) is 7.12. The molecule has 0 bridgehead atoms. The summed E-state index contributed by atoms with van der Waals surface area (Å²) in [6.07, 6.45) is 1.77. The highest BCUT2D eigenvalue weighted by Gasteiger charge is 2.19. The van der Waals surface area contributed by atoms with Crippen molar-refractivity contribution in [2.75, 3.05) is 45.8 Å². The van der Waals surface area contributed by atoms with Crippen LogP contribution in [-0.2, 0) is 0 Å². The number of halogens is 1. The Morgan fingerprint density at radius 3 is 2.58 bits per heavy atom. The van der Waals surface area contributed by atoms with E-state index in [9.17, 15) is 0 Å². The summed E-state index contributed by atoms with van der Waals surface area (Å²) in [6.45, 7) is 15.2. The second kappa shape index (κ2) is 10.4. The summed E-state index contributed by atoms with van der Waals surface area (Å²) in [7, 11) is 0. The number of aliphatic imine (C=N–C) groups is 1. The van der Waals surface area contributed by atoms with E-state index in [-0.39, 0.29) is 24.0 Å². The van der Waals surface area contributed by atoms with Crippen molar-refractivity contribution in [3.8, 4) is 0 Å². The van der Waals surface area contributed by atoms with Crippen molar-refractivity contribution in [2.24, 2.45) is 10.7 Å². The number of nitrogens with one attached hydrogen (secondary N) is 1. The molecule has 5 nitrogen and oxygen atoms in total. The van der Waals surface area contributed by atoms with Gasteiger partial charge >= 0.3 is 0 Å². The van der Waals surface area contributed by atoms with E-state index < -0.39 is 0 Å². The molecule has 0 aliphatic carbocycles. The number of nitrogens with zero attached hydrogens (tertiary/aromatic N) is 3. The van der Waals surface area contributed by atoms with Crippen molar-refractivity contribution < 1.29 is 0 Å². The van der Waals surface area contributed by atoms with Crippen LogP contribution in [0.25, 0.3) is 0 Å². The standard InChI is InChI=1S/C13H27N5.HI/c1-4-6-15-13(14)16-11-12(3)18-9-7-17(5-2)8-10-18;/h4,12H,1,5-11H2,2-3H3,(H3,14,15,16);1H. The van der Waals surface area contributed by atoms with Crippen LogP contribution in [0.1, 0.15) is 13.8 Å². The lowest BCUT2D eigenvalue weighted by Gasteiger charge is -2.37. The molecule has 0 saturated carbocycles. The fraction of sp³-hybridized carbons (Fsp3) is 0.769. The molecule has 3 N–H and O–H groups in total. The zero-order valence-electron chi connectivity index (χ0n) is 12.1. The second-order valence-corrected chi connectivity index (χ2v) is 4.71. The van der Waals surface area contributed by atoms with Crippen molar-refractivity contribution >= 4 is 29.9 Å². The highest BCUT2D eigenvalue weighted by atomic mass is 127. The molecule has 0 aromatic heterocycles. The van der Waals surface area contributed by atoms with Crippen molar-refractivity contribution in [1.82, 2.24) is 15.1 Å². The Balaban J connectivity index is 0.00000324. The molecule has 1 aliphatic heterocycles. The minimum atomic E-state index is 0. The molecule has 1 heterocycles. The number of guanidine groups is 1. The third-order valence-corrected chi connectivity index (χ3v) is 3.43. The van der Waals surface area contributed by atoms with E-state index in [1.807, 2.05) is 0 Å². The molecular formula is C13H28IN5. The molecule has 1 saturated heterocycles. The van der Waals surface area contributed by atoms with Crippen molar-refractivity contribution in [1.29, 1.82) is 0 Å². The second-order valence-electron chi connectivity index (χ2n) is 4.71. The first-order valence-electron chi connectivity index (χ1n) is 6.78. The number of nitrogens with two attached hydrogens (primary N) is 1. The van der Waals surface area contributed by atoms with Gasteiger partial charge in [-0.25, -0.2) is 0 Å². The molecule has 112 valence electrons. The fourth-order valence-electron chi connectivity index (χ4n) is 2.10. The summed E-state index contributed by atoms with van der Waals surface area (Å²) in [6, 6.07) is 0.452. The Labute approximate surface area is 134 Å². The van der Waals surface area contributed by atoms with Crippen molar-refractivity contribution in [3.63, 3.8) is 0 Å². The van der Waals surface area contributed by atoms with Gasteiger partial charge in [-0.05, 0) is 13.5 Å². The van der Waals surface area contributed by atoms with Gasteiger partial charge in [-0.2, -0.15) is 0 Å². The summed E-state index contributed by atoms with van der Waals surface area (Å²) in [4.78, 5) is 9.32. The average molecular weight is 381 g/mol. The highest BCUT2D eigenvalue weighted by Crippen LogP contribution is 2.06. The van der Waals surface area contributed by atoms with Gasteiger partial charge in [0.25, 0.3) is 0 Å². The minimum Gasteiger partial charge on any atom is -0.370 e. The van der Waals surface area contributed by atoms with Gasteiger partial charge in [-0.15, -0.1) is 30.6 Å². The van der Waals surface area contributed by atoms with Gasteiger partial charge in [0.15, 0.2) is 5.96 Å². The average Bonchev–Trinajstić information content (AvgIpc) is 2.42. The van der Waals surface area contributed by atoms with Crippen LogP contribution in [0.2, 0.25) is 0 Å². The van der Waals surface area contributed by atoms with Gasteiger partial charge in [0.2, 0.25) is 0 Å². The van der Waals surface area contributed by atoms with Gasteiger partial charge in [0.1, 0.15) is 0 Å². The van der Waals surface area contributed by atoms with Gasteiger partial charge in [-0.3, -0.25) is 9.89 Å². The quantitative estimate of drug-likeness (QED) is 0.308. The number of piperazine rings is 1. The van der Waals surface area contributed by atoms with Crippen LogP contribution in [0, 0.1) is 0 Å². The van der Waals surface area contributed by atoms with E-state index in [1.54, 1.807) is 6.08 Å². The molecule has 6 heteroatoms. The molecular weight excluding hydrogens is 353 g/mol. The highest BCUT2D eigenvalue weighted by molar-refractivity contribution is 14.0. The Morgan fingerprint density at radius 2 is 2.05 bits per heavy atom. The molecule has 0 radical (unpaired) electrons. The maximum absolute atomic E-state index is 5.75. The van der Waals surface area contributed by atoms with Crippen LogP contribution in [0.15, 0.2) is 17.6 Å². The lowest BCUT2D eigenvalue weighted by atomic mass is 10.2. The molecule has 0 spiro atoms. The van der Waals surface area contributed by atoms with Crippen LogP contribution in [0.4, 0.5) is 0 Å². The molecule has 1 fully saturated rings. The summed E-state index contributed by atoms with van der Waals surface area (Å²) in [5.74, 6) is 0.508. The monoisotopic (exact) mass is 381 g/mol. The molecule has 0 aromatic carbocycles. The van der Waals surface area contributed by atoms with Crippen LogP contribution in [0.5, 0.6) is 0 Å². The molecule has 1 rings (SSSR count). The largest absolute Gasteiger partial charge is 0.370 e. The first-order valence-corrected chi connectivity index (χ1v) is 6.78. The van der Waals surface area contributed by atoms with E-state index in [0.717, 1.165) is 39.3 Å². The lowest BCUT2D eigenvalue weighted by Crippen LogP contribution is -2.50. The predicted molar refractivity (Wildman–Crippen MR) is 93.3 cm³/mol. The van der Waals surface area contributed by atoms with E-state index in [4.69, 9.17) is 5.73 Å². The molecule has 1 unspecified atom stereocenters. The van der Waals surface area contributed by atoms with Gasteiger partial charge in [-0.1, -0.05) is 13.0 Å². The smallest absolute Gasteiger partial charge is 0.188 e. The Morgan fingerprint density at radius 1 is 1.42 bits per heavy atom. The number of likely N-dealkylation sites (N-methyl/N-ethyl adjacent to an activating group) is 1. The zero-order chi connectivity index (χ0) is 13.4. The fourth-order valence-corrected chi connectivity index (χ4v) is 2.10. The molecule has 0 aromatic rings. The van der Waals surface area contributed by atoms with Gasteiger partial charge in [0, 0.05) is 38.8 Å². The van der Waals surface area contributed by atoms with Gasteiger partial charge in [0.05, 0.1) is 6.54 Å². The van der Waals surface area contributed by atoms with Gasteiger partial charge < -0.3 is 16.0 Å². The Hall–Kier alpha value is -0.340. The van der Waals surface area contributed by atoms with E-state index in [0.29, 0.717) is 18.5 Å². The lowest BCUT2D eigenvalue weighted by molar-refractivity contribution is 0.109. The number of hydrogen-bond donors (Lipinski definition) is 2. The summed E-state index contributed by atoms with van der Waals surface area (Å²) in [5.41, 5.74) is 5.75. The van der Waals surface area contributed by atoms with Crippen LogP contribution < -0.4 is 11.1 Å². The van der Waals surface area contributed by atoms with Crippen LogP contribution in [0.3, 0.4) is 0 Å². The number of hydrogen-bond acceptors (Lipinski definition) is 3. The first kappa shape index (κ1) is 18.7. The number of rotatable bonds is 6. The van der Waals surface area contributed by atoms with E-state index >= 15 is 0 Å². The minimum absolute atomic E-state index is 0. The first-order chi connectivity index (χ1) is 8.67. The van der Waals surface area contributed by atoms with E-state index in [2.05, 4.69) is 40.5 Å². The third-order valence-electron chi connectivity index (χ3n) is 3.43. The van der Waals surface area contributed by atoms with Crippen LogP contribution in [-0.4, -0.2) is 67.6 Å². The molecule has 19 heavy (non-hydrogen) atoms. The summed E-state index contributed by atoms with van der Waals surface area (Å²) in [5, 5.41) is 2.99. The van der Waals surface area contributed by atoms with Crippen LogP contribution >= 0.6 is 24.0 Å². The zero-order valence-corrected chi connectivity index (χ0v) is 14.5. The molecule has 1 aliphatic rings. The normalized spacial score (nSPS) is 19.6. The maximum Gasteiger partial charge on any atom is 0.188 e. The summed E-state index contributed by atoms with van der Waals surface area (Å²) < 4.78 is 0. The molecule has 0 amide bonds. The SMILES string of the molecule is C=CCNC(N)=NCC(C)N1CCN(CC)CC1.I.